The number of rotatable bonds is 5. The Labute approximate surface area is 120 Å². The Morgan fingerprint density at radius 3 is 2.65 bits per heavy atom. The van der Waals surface area contributed by atoms with Gasteiger partial charge in [0.2, 0.25) is 6.79 Å². The number of benzene rings is 1. The second kappa shape index (κ2) is 6.81. The maximum Gasteiger partial charge on any atom is 0.314 e. The van der Waals surface area contributed by atoms with Crippen molar-refractivity contribution in [2.24, 2.45) is 0 Å². The van der Waals surface area contributed by atoms with Crippen molar-refractivity contribution in [2.75, 3.05) is 6.79 Å². The molecule has 0 spiro atoms. The van der Waals surface area contributed by atoms with Crippen LogP contribution in [0, 0.1) is 0 Å². The Morgan fingerprint density at radius 2 is 1.95 bits per heavy atom. The van der Waals surface area contributed by atoms with Crippen molar-refractivity contribution in [2.45, 2.75) is 13.3 Å². The lowest BCUT2D eigenvalue weighted by atomic mass is 10.2. The number of thiazole rings is 1. The van der Waals surface area contributed by atoms with Crippen LogP contribution in [0.1, 0.15) is 12.6 Å². The number of ether oxygens (including phenoxy) is 2. The first-order valence-electron chi connectivity index (χ1n) is 5.94. The lowest BCUT2D eigenvalue weighted by Gasteiger charge is -2.02. The Morgan fingerprint density at radius 1 is 1.20 bits per heavy atom. The van der Waals surface area contributed by atoms with Crippen LogP contribution in [-0.4, -0.2) is 23.7 Å². The summed E-state index contributed by atoms with van der Waals surface area (Å²) in [5.41, 5.74) is 1.65. The summed E-state index contributed by atoms with van der Waals surface area (Å²) in [5.74, 6) is -0.964. The number of aromatic nitrogens is 1. The molecule has 1 aromatic carbocycles. The minimum atomic E-state index is -0.488. The van der Waals surface area contributed by atoms with E-state index in [4.69, 9.17) is 4.74 Å². The minimum Gasteiger partial charge on any atom is -0.428 e. The zero-order valence-electron chi connectivity index (χ0n) is 10.9. The average Bonchev–Trinajstić information content (AvgIpc) is 2.88. The molecule has 0 atom stereocenters. The van der Waals surface area contributed by atoms with Crippen LogP contribution in [0.2, 0.25) is 0 Å². The van der Waals surface area contributed by atoms with Gasteiger partial charge in [0, 0.05) is 17.9 Å². The highest BCUT2D eigenvalue weighted by Crippen LogP contribution is 2.23. The second-order valence-corrected chi connectivity index (χ2v) is 4.82. The summed E-state index contributed by atoms with van der Waals surface area (Å²) in [6, 6.07) is 9.72. The number of esters is 2. The van der Waals surface area contributed by atoms with E-state index in [9.17, 15) is 9.59 Å². The van der Waals surface area contributed by atoms with Gasteiger partial charge in [-0.1, -0.05) is 30.3 Å². The van der Waals surface area contributed by atoms with Crippen molar-refractivity contribution in [3.05, 3.63) is 41.4 Å². The molecule has 0 bridgehead atoms. The minimum absolute atomic E-state index is 0.0601. The van der Waals surface area contributed by atoms with Crippen LogP contribution in [0.3, 0.4) is 0 Å². The van der Waals surface area contributed by atoms with Gasteiger partial charge in [0.25, 0.3) is 0 Å². The third-order valence-electron chi connectivity index (χ3n) is 2.38. The summed E-state index contributed by atoms with van der Waals surface area (Å²) >= 11 is 1.47. The Kier molecular flexibility index (Phi) is 4.84. The first-order valence-corrected chi connectivity index (χ1v) is 6.82. The van der Waals surface area contributed by atoms with Gasteiger partial charge in [-0.15, -0.1) is 11.3 Å². The molecular formula is C14H13NO4S. The van der Waals surface area contributed by atoms with Gasteiger partial charge in [-0.05, 0) is 0 Å². The zero-order chi connectivity index (χ0) is 14.4. The predicted octanol–water partition coefficient (Wildman–Crippen LogP) is 2.42. The summed E-state index contributed by atoms with van der Waals surface area (Å²) in [6.07, 6.45) is 0.0601. The third kappa shape index (κ3) is 4.17. The van der Waals surface area contributed by atoms with E-state index < -0.39 is 11.9 Å². The van der Waals surface area contributed by atoms with Gasteiger partial charge in [0.1, 0.15) is 5.01 Å². The highest BCUT2D eigenvalue weighted by atomic mass is 32.1. The SMILES string of the molecule is CC(=O)OCOC(=O)Cc1csc(-c2ccccc2)n1. The van der Waals surface area contributed by atoms with Crippen LogP contribution in [0.5, 0.6) is 0 Å². The van der Waals surface area contributed by atoms with E-state index in [0.717, 1.165) is 10.6 Å². The van der Waals surface area contributed by atoms with Crippen LogP contribution in [0.4, 0.5) is 0 Å². The summed E-state index contributed by atoms with van der Waals surface area (Å²) in [6.45, 7) is 0.893. The van der Waals surface area contributed by atoms with E-state index in [-0.39, 0.29) is 13.2 Å². The highest BCUT2D eigenvalue weighted by molar-refractivity contribution is 7.13. The molecule has 20 heavy (non-hydrogen) atoms. The van der Waals surface area contributed by atoms with Crippen LogP contribution < -0.4 is 0 Å². The molecule has 0 fully saturated rings. The molecule has 0 aliphatic rings. The molecule has 0 amide bonds. The van der Waals surface area contributed by atoms with E-state index in [1.807, 2.05) is 35.7 Å². The van der Waals surface area contributed by atoms with Crippen LogP contribution >= 0.6 is 11.3 Å². The molecule has 1 aromatic heterocycles. The lowest BCUT2D eigenvalue weighted by Crippen LogP contribution is -2.12. The fraction of sp³-hybridized carbons (Fsp3) is 0.214. The standard InChI is InChI=1S/C14H13NO4S/c1-10(16)18-9-19-13(17)7-12-8-20-14(15-12)11-5-3-2-4-6-11/h2-6,8H,7,9H2,1H3. The van der Waals surface area contributed by atoms with E-state index in [1.165, 1.54) is 18.3 Å². The van der Waals surface area contributed by atoms with Crippen LogP contribution in [0.25, 0.3) is 10.6 Å². The van der Waals surface area contributed by atoms with E-state index >= 15 is 0 Å². The van der Waals surface area contributed by atoms with Crippen molar-refractivity contribution in [3.8, 4) is 10.6 Å². The van der Waals surface area contributed by atoms with Crippen molar-refractivity contribution in [1.29, 1.82) is 0 Å². The fourth-order valence-electron chi connectivity index (χ4n) is 1.48. The van der Waals surface area contributed by atoms with Crippen molar-refractivity contribution < 1.29 is 19.1 Å². The van der Waals surface area contributed by atoms with Gasteiger partial charge < -0.3 is 9.47 Å². The van der Waals surface area contributed by atoms with Gasteiger partial charge in [0.05, 0.1) is 12.1 Å². The summed E-state index contributed by atoms with van der Waals surface area (Å²) < 4.78 is 9.28. The van der Waals surface area contributed by atoms with Crippen molar-refractivity contribution in [1.82, 2.24) is 4.98 Å². The maximum absolute atomic E-state index is 11.5. The average molecular weight is 291 g/mol. The van der Waals surface area contributed by atoms with Crippen LogP contribution in [0.15, 0.2) is 35.7 Å². The van der Waals surface area contributed by atoms with Gasteiger partial charge in [-0.2, -0.15) is 0 Å². The molecule has 0 unspecified atom stereocenters. The van der Waals surface area contributed by atoms with Gasteiger partial charge in [0.15, 0.2) is 0 Å². The summed E-state index contributed by atoms with van der Waals surface area (Å²) in [5, 5.41) is 2.67. The lowest BCUT2D eigenvalue weighted by molar-refractivity contribution is -0.165. The van der Waals surface area contributed by atoms with Gasteiger partial charge in [-0.25, -0.2) is 4.98 Å². The largest absolute Gasteiger partial charge is 0.428 e. The molecule has 0 saturated carbocycles. The quantitative estimate of drug-likeness (QED) is 0.625. The van der Waals surface area contributed by atoms with Crippen molar-refractivity contribution >= 4 is 23.3 Å². The second-order valence-electron chi connectivity index (χ2n) is 3.96. The molecule has 0 aliphatic carbocycles. The maximum atomic E-state index is 11.5. The first kappa shape index (κ1) is 14.2. The molecule has 0 radical (unpaired) electrons. The van der Waals surface area contributed by atoms with Gasteiger partial charge in [-0.3, -0.25) is 9.59 Å². The van der Waals surface area contributed by atoms with E-state index in [1.54, 1.807) is 0 Å². The number of hydrogen-bond donors (Lipinski definition) is 0. The smallest absolute Gasteiger partial charge is 0.314 e. The normalized spacial score (nSPS) is 10.1. The first-order chi connectivity index (χ1) is 9.65. The monoisotopic (exact) mass is 291 g/mol. The van der Waals surface area contributed by atoms with E-state index in [2.05, 4.69) is 9.72 Å². The molecule has 2 rings (SSSR count). The Balaban J connectivity index is 1.90. The number of carbonyl (C=O) groups excluding carboxylic acids is 2. The molecule has 1 heterocycles. The molecular weight excluding hydrogens is 278 g/mol. The number of nitrogens with zero attached hydrogens (tertiary/aromatic N) is 1. The molecule has 104 valence electrons. The van der Waals surface area contributed by atoms with Crippen molar-refractivity contribution in [3.63, 3.8) is 0 Å². The highest BCUT2D eigenvalue weighted by Gasteiger charge is 2.10. The van der Waals surface area contributed by atoms with Gasteiger partial charge >= 0.3 is 11.9 Å². The Bertz CT molecular complexity index is 594. The summed E-state index contributed by atoms with van der Waals surface area (Å²) in [4.78, 5) is 26.4. The predicted molar refractivity (Wildman–Crippen MR) is 74.0 cm³/mol. The topological polar surface area (TPSA) is 65.5 Å². The molecule has 2 aromatic rings. The fourth-order valence-corrected chi connectivity index (χ4v) is 2.30. The molecule has 0 saturated heterocycles. The molecule has 5 nitrogen and oxygen atoms in total. The van der Waals surface area contributed by atoms with Crippen LogP contribution in [-0.2, 0) is 25.5 Å². The molecule has 0 aliphatic heterocycles. The third-order valence-corrected chi connectivity index (χ3v) is 3.32. The van der Waals surface area contributed by atoms with E-state index in [0.29, 0.717) is 5.69 Å². The summed E-state index contributed by atoms with van der Waals surface area (Å²) in [7, 11) is 0. The Hall–Kier alpha value is -2.21. The zero-order valence-corrected chi connectivity index (χ0v) is 11.7. The molecule has 6 heteroatoms. The molecule has 0 N–H and O–H groups in total. The number of hydrogen-bond acceptors (Lipinski definition) is 6. The number of carbonyl (C=O) groups is 2.